The molecule has 0 radical (unpaired) electrons. The first-order valence-electron chi connectivity index (χ1n) is 6.47. The standard InChI is InChI=1S/C15H22F3N/c1-11(14(2,3)4)9-19-10-12-6-5-7-13(8-12)15(16,17)18/h5-8,11,19H,9-10H2,1-4H3. The summed E-state index contributed by atoms with van der Waals surface area (Å²) in [6.45, 7) is 9.86. The molecule has 0 amide bonds. The quantitative estimate of drug-likeness (QED) is 0.853. The Morgan fingerprint density at radius 2 is 1.79 bits per heavy atom. The van der Waals surface area contributed by atoms with E-state index in [0.29, 0.717) is 18.0 Å². The Labute approximate surface area is 113 Å². The molecule has 1 unspecified atom stereocenters. The van der Waals surface area contributed by atoms with Crippen molar-refractivity contribution in [2.24, 2.45) is 11.3 Å². The van der Waals surface area contributed by atoms with E-state index in [1.165, 1.54) is 12.1 Å². The fourth-order valence-corrected chi connectivity index (χ4v) is 1.60. The molecule has 0 aliphatic rings. The van der Waals surface area contributed by atoms with Gasteiger partial charge in [0.25, 0.3) is 0 Å². The molecule has 1 atom stereocenters. The first-order valence-corrected chi connectivity index (χ1v) is 6.47. The molecule has 0 heterocycles. The van der Waals surface area contributed by atoms with Crippen LogP contribution in [0, 0.1) is 11.3 Å². The molecule has 19 heavy (non-hydrogen) atoms. The molecular formula is C15H22F3N. The van der Waals surface area contributed by atoms with Crippen LogP contribution in [0.1, 0.15) is 38.8 Å². The highest BCUT2D eigenvalue weighted by molar-refractivity contribution is 5.25. The van der Waals surface area contributed by atoms with E-state index >= 15 is 0 Å². The first-order chi connectivity index (χ1) is 8.60. The zero-order valence-corrected chi connectivity index (χ0v) is 11.9. The molecule has 1 N–H and O–H groups in total. The second kappa shape index (κ2) is 5.95. The van der Waals surface area contributed by atoms with Gasteiger partial charge in [0.05, 0.1) is 5.56 Å². The van der Waals surface area contributed by atoms with Crippen molar-refractivity contribution in [1.82, 2.24) is 5.32 Å². The molecule has 0 fully saturated rings. The summed E-state index contributed by atoms with van der Waals surface area (Å²) < 4.78 is 37.7. The zero-order chi connectivity index (χ0) is 14.7. The molecular weight excluding hydrogens is 251 g/mol. The van der Waals surface area contributed by atoms with Crippen LogP contribution in [0.5, 0.6) is 0 Å². The average molecular weight is 273 g/mol. The molecule has 0 saturated carbocycles. The summed E-state index contributed by atoms with van der Waals surface area (Å²) >= 11 is 0. The van der Waals surface area contributed by atoms with Gasteiger partial charge in [0.15, 0.2) is 0 Å². The number of rotatable bonds is 4. The van der Waals surface area contributed by atoms with Gasteiger partial charge in [0.2, 0.25) is 0 Å². The van der Waals surface area contributed by atoms with Crippen LogP contribution in [0.2, 0.25) is 0 Å². The fourth-order valence-electron chi connectivity index (χ4n) is 1.60. The summed E-state index contributed by atoms with van der Waals surface area (Å²) in [7, 11) is 0. The van der Waals surface area contributed by atoms with Gasteiger partial charge in [-0.25, -0.2) is 0 Å². The lowest BCUT2D eigenvalue weighted by molar-refractivity contribution is -0.137. The zero-order valence-electron chi connectivity index (χ0n) is 11.9. The lowest BCUT2D eigenvalue weighted by Crippen LogP contribution is -2.29. The summed E-state index contributed by atoms with van der Waals surface area (Å²) in [4.78, 5) is 0. The summed E-state index contributed by atoms with van der Waals surface area (Å²) in [6, 6.07) is 5.47. The summed E-state index contributed by atoms with van der Waals surface area (Å²) in [5, 5.41) is 3.22. The highest BCUT2D eigenvalue weighted by Gasteiger charge is 2.30. The van der Waals surface area contributed by atoms with Gasteiger partial charge in [-0.05, 0) is 29.5 Å². The Kier molecular flexibility index (Phi) is 5.02. The van der Waals surface area contributed by atoms with Gasteiger partial charge in [0.1, 0.15) is 0 Å². The normalized spacial score (nSPS) is 14.5. The second-order valence-electron chi connectivity index (χ2n) is 6.10. The van der Waals surface area contributed by atoms with E-state index in [1.54, 1.807) is 6.07 Å². The Hall–Kier alpha value is -1.03. The molecule has 0 saturated heterocycles. The molecule has 0 aliphatic heterocycles. The van der Waals surface area contributed by atoms with Gasteiger partial charge in [-0.2, -0.15) is 13.2 Å². The molecule has 0 aliphatic carbocycles. The number of hydrogen-bond acceptors (Lipinski definition) is 1. The van der Waals surface area contributed by atoms with Crippen molar-refractivity contribution in [3.05, 3.63) is 35.4 Å². The van der Waals surface area contributed by atoms with Gasteiger partial charge >= 0.3 is 6.18 Å². The third kappa shape index (κ3) is 5.23. The molecule has 1 rings (SSSR count). The van der Waals surface area contributed by atoms with Crippen molar-refractivity contribution in [2.45, 2.75) is 40.4 Å². The molecule has 1 aromatic carbocycles. The van der Waals surface area contributed by atoms with Crippen molar-refractivity contribution in [3.8, 4) is 0 Å². The SMILES string of the molecule is CC(CNCc1cccc(C(F)(F)F)c1)C(C)(C)C. The Morgan fingerprint density at radius 1 is 1.16 bits per heavy atom. The van der Waals surface area contributed by atoms with E-state index < -0.39 is 11.7 Å². The molecule has 0 aromatic heterocycles. The van der Waals surface area contributed by atoms with Gasteiger partial charge in [-0.15, -0.1) is 0 Å². The predicted octanol–water partition coefficient (Wildman–Crippen LogP) is 4.48. The van der Waals surface area contributed by atoms with Crippen molar-refractivity contribution < 1.29 is 13.2 Å². The molecule has 0 spiro atoms. The van der Waals surface area contributed by atoms with Crippen molar-refractivity contribution in [2.75, 3.05) is 6.54 Å². The van der Waals surface area contributed by atoms with Gasteiger partial charge in [0, 0.05) is 6.54 Å². The van der Waals surface area contributed by atoms with E-state index in [4.69, 9.17) is 0 Å². The third-order valence-corrected chi connectivity index (χ3v) is 3.51. The van der Waals surface area contributed by atoms with Crippen LogP contribution in [0.4, 0.5) is 13.2 Å². The minimum absolute atomic E-state index is 0.195. The van der Waals surface area contributed by atoms with Crippen molar-refractivity contribution in [3.63, 3.8) is 0 Å². The summed E-state index contributed by atoms with van der Waals surface area (Å²) in [5.41, 5.74) is 0.271. The molecule has 1 aromatic rings. The van der Waals surface area contributed by atoms with Crippen LogP contribution < -0.4 is 5.32 Å². The lowest BCUT2D eigenvalue weighted by atomic mass is 9.82. The van der Waals surface area contributed by atoms with Crippen LogP contribution in [0.25, 0.3) is 0 Å². The Balaban J connectivity index is 2.55. The first kappa shape index (κ1) is 16.0. The third-order valence-electron chi connectivity index (χ3n) is 3.51. The Morgan fingerprint density at radius 3 is 2.32 bits per heavy atom. The van der Waals surface area contributed by atoms with Crippen molar-refractivity contribution in [1.29, 1.82) is 0 Å². The maximum absolute atomic E-state index is 12.6. The number of alkyl halides is 3. The van der Waals surface area contributed by atoms with E-state index in [9.17, 15) is 13.2 Å². The predicted molar refractivity (Wildman–Crippen MR) is 71.8 cm³/mol. The second-order valence-corrected chi connectivity index (χ2v) is 6.10. The number of nitrogens with one attached hydrogen (secondary N) is 1. The van der Waals surface area contributed by atoms with Gasteiger partial charge in [-0.1, -0.05) is 45.9 Å². The minimum atomic E-state index is -4.27. The van der Waals surface area contributed by atoms with E-state index in [2.05, 4.69) is 33.0 Å². The monoisotopic (exact) mass is 273 g/mol. The number of hydrogen-bond donors (Lipinski definition) is 1. The van der Waals surface area contributed by atoms with Gasteiger partial charge in [-0.3, -0.25) is 0 Å². The number of halogens is 3. The van der Waals surface area contributed by atoms with E-state index in [1.807, 2.05) is 0 Å². The summed E-state index contributed by atoms with van der Waals surface area (Å²) in [5.74, 6) is 0.457. The summed E-state index contributed by atoms with van der Waals surface area (Å²) in [6.07, 6.45) is -4.27. The molecule has 4 heteroatoms. The van der Waals surface area contributed by atoms with Gasteiger partial charge < -0.3 is 5.32 Å². The van der Waals surface area contributed by atoms with Crippen LogP contribution in [-0.4, -0.2) is 6.54 Å². The fraction of sp³-hybridized carbons (Fsp3) is 0.600. The molecule has 108 valence electrons. The lowest BCUT2D eigenvalue weighted by Gasteiger charge is -2.27. The van der Waals surface area contributed by atoms with Crippen LogP contribution >= 0.6 is 0 Å². The Bertz CT molecular complexity index is 405. The maximum Gasteiger partial charge on any atom is 0.416 e. The highest BCUT2D eigenvalue weighted by atomic mass is 19.4. The maximum atomic E-state index is 12.6. The van der Waals surface area contributed by atoms with E-state index in [-0.39, 0.29) is 5.41 Å². The minimum Gasteiger partial charge on any atom is -0.312 e. The largest absolute Gasteiger partial charge is 0.416 e. The number of benzene rings is 1. The molecule has 1 nitrogen and oxygen atoms in total. The van der Waals surface area contributed by atoms with Crippen LogP contribution in [-0.2, 0) is 12.7 Å². The van der Waals surface area contributed by atoms with E-state index in [0.717, 1.165) is 12.6 Å². The average Bonchev–Trinajstić information content (AvgIpc) is 2.27. The topological polar surface area (TPSA) is 12.0 Å². The smallest absolute Gasteiger partial charge is 0.312 e. The van der Waals surface area contributed by atoms with Crippen LogP contribution in [0.15, 0.2) is 24.3 Å². The van der Waals surface area contributed by atoms with Crippen LogP contribution in [0.3, 0.4) is 0 Å². The van der Waals surface area contributed by atoms with Crippen molar-refractivity contribution >= 4 is 0 Å². The highest BCUT2D eigenvalue weighted by Crippen LogP contribution is 2.29. The molecule has 0 bridgehead atoms.